The largest absolute Gasteiger partial charge is 0.313 e. The summed E-state index contributed by atoms with van der Waals surface area (Å²) in [7, 11) is 3.61. The van der Waals surface area contributed by atoms with Crippen molar-refractivity contribution in [3.63, 3.8) is 0 Å². The molecular weight excluding hydrogens is 328 g/mol. The lowest BCUT2D eigenvalue weighted by molar-refractivity contribution is 0.511. The second-order valence-corrected chi connectivity index (χ2v) is 5.53. The number of likely N-dealkylation sites (N-methyl/N-ethyl adjacent to an activating group) is 1. The number of benzene rings is 1. The van der Waals surface area contributed by atoms with Crippen LogP contribution in [0.4, 0.5) is 8.78 Å². The number of rotatable bonds is 4. The molecule has 2 rings (SSSR count). The molecule has 0 amide bonds. The van der Waals surface area contributed by atoms with Gasteiger partial charge in [-0.3, -0.25) is 4.68 Å². The lowest BCUT2D eigenvalue weighted by atomic mass is 9.99. The third-order valence-corrected chi connectivity index (χ3v) is 4.16. The molecule has 1 heterocycles. The molecule has 0 spiro atoms. The monoisotopic (exact) mass is 343 g/mol. The Morgan fingerprint density at radius 3 is 2.65 bits per heavy atom. The van der Waals surface area contributed by atoms with Crippen molar-refractivity contribution in [2.75, 3.05) is 7.05 Å². The highest BCUT2D eigenvalue weighted by atomic mass is 79.9. The minimum atomic E-state index is -0.549. The number of nitrogens with zero attached hydrogens (tertiary/aromatic N) is 2. The zero-order valence-electron chi connectivity index (χ0n) is 11.5. The van der Waals surface area contributed by atoms with Crippen LogP contribution in [0.1, 0.15) is 22.9 Å². The first-order valence-electron chi connectivity index (χ1n) is 6.23. The molecule has 0 aliphatic rings. The quantitative estimate of drug-likeness (QED) is 0.863. The number of aromatic nitrogens is 2. The van der Waals surface area contributed by atoms with Gasteiger partial charge in [-0.2, -0.15) is 5.10 Å². The molecule has 0 saturated heterocycles. The molecule has 108 valence electrons. The molecule has 1 atom stereocenters. The number of aryl methyl sites for hydroxylation is 1. The maximum absolute atomic E-state index is 14.0. The van der Waals surface area contributed by atoms with Gasteiger partial charge >= 0.3 is 0 Å². The fourth-order valence-electron chi connectivity index (χ4n) is 2.19. The van der Waals surface area contributed by atoms with Crippen LogP contribution in [0.15, 0.2) is 22.8 Å². The average molecular weight is 344 g/mol. The third-order valence-electron chi connectivity index (χ3n) is 3.54. The van der Waals surface area contributed by atoms with Crippen molar-refractivity contribution < 1.29 is 8.78 Å². The molecular formula is C14H16BrF2N3. The van der Waals surface area contributed by atoms with E-state index in [1.807, 2.05) is 14.0 Å². The highest BCUT2D eigenvalue weighted by Crippen LogP contribution is 2.27. The second-order valence-electron chi connectivity index (χ2n) is 4.68. The third kappa shape index (κ3) is 2.76. The van der Waals surface area contributed by atoms with Crippen molar-refractivity contribution in [3.05, 3.63) is 51.3 Å². The summed E-state index contributed by atoms with van der Waals surface area (Å²) >= 11 is 3.09. The van der Waals surface area contributed by atoms with E-state index in [2.05, 4.69) is 26.3 Å². The summed E-state index contributed by atoms with van der Waals surface area (Å²) in [6.07, 6.45) is 1.95. The Labute approximate surface area is 125 Å². The molecule has 1 aromatic heterocycles. The van der Waals surface area contributed by atoms with E-state index in [-0.39, 0.29) is 22.5 Å². The van der Waals surface area contributed by atoms with Crippen LogP contribution in [0, 0.1) is 18.6 Å². The Bertz CT molecular complexity index is 625. The van der Waals surface area contributed by atoms with Crippen LogP contribution in [0.5, 0.6) is 0 Å². The average Bonchev–Trinajstić information content (AvgIpc) is 2.75. The number of halogens is 3. The molecule has 0 aliphatic heterocycles. The van der Waals surface area contributed by atoms with Crippen LogP contribution in [-0.2, 0) is 13.5 Å². The fraction of sp³-hybridized carbons (Fsp3) is 0.357. The summed E-state index contributed by atoms with van der Waals surface area (Å²) in [6, 6.07) is 2.45. The number of hydrogen-bond acceptors (Lipinski definition) is 2. The lowest BCUT2D eigenvalue weighted by Gasteiger charge is -2.17. The molecule has 0 fully saturated rings. The van der Waals surface area contributed by atoms with Gasteiger partial charge in [-0.1, -0.05) is 0 Å². The molecule has 1 aromatic carbocycles. The highest BCUT2D eigenvalue weighted by Gasteiger charge is 2.20. The van der Waals surface area contributed by atoms with E-state index in [4.69, 9.17) is 0 Å². The van der Waals surface area contributed by atoms with Crippen molar-refractivity contribution >= 4 is 15.9 Å². The Morgan fingerprint density at radius 1 is 1.40 bits per heavy atom. The van der Waals surface area contributed by atoms with Gasteiger partial charge < -0.3 is 5.32 Å². The summed E-state index contributed by atoms with van der Waals surface area (Å²) in [4.78, 5) is 0. The predicted octanol–water partition coefficient (Wildman–Crippen LogP) is 3.27. The van der Waals surface area contributed by atoms with Gasteiger partial charge in [0.2, 0.25) is 0 Å². The summed E-state index contributed by atoms with van der Waals surface area (Å²) in [6.45, 7) is 1.93. The van der Waals surface area contributed by atoms with E-state index in [9.17, 15) is 8.78 Å². The van der Waals surface area contributed by atoms with E-state index in [1.54, 1.807) is 17.9 Å². The van der Waals surface area contributed by atoms with Crippen molar-refractivity contribution in [3.8, 4) is 0 Å². The first-order chi connectivity index (χ1) is 9.45. The highest BCUT2D eigenvalue weighted by molar-refractivity contribution is 9.10. The molecule has 0 saturated carbocycles. The van der Waals surface area contributed by atoms with Gasteiger partial charge in [0.25, 0.3) is 0 Å². The molecule has 0 bridgehead atoms. The molecule has 2 aromatic rings. The summed E-state index contributed by atoms with van der Waals surface area (Å²) in [5, 5.41) is 7.26. The second kappa shape index (κ2) is 6.01. The molecule has 1 N–H and O–H groups in total. The SMILES string of the molecule is CNC(Cc1c(F)ccc(Br)c1F)c1cnn(C)c1C. The first-order valence-corrected chi connectivity index (χ1v) is 7.03. The Kier molecular flexibility index (Phi) is 4.55. The van der Waals surface area contributed by atoms with Gasteiger partial charge in [-0.15, -0.1) is 0 Å². The van der Waals surface area contributed by atoms with Crippen molar-refractivity contribution in [2.45, 2.75) is 19.4 Å². The van der Waals surface area contributed by atoms with Crippen molar-refractivity contribution in [1.29, 1.82) is 0 Å². The van der Waals surface area contributed by atoms with Gasteiger partial charge in [-0.05, 0) is 48.5 Å². The lowest BCUT2D eigenvalue weighted by Crippen LogP contribution is -2.20. The smallest absolute Gasteiger partial charge is 0.143 e. The topological polar surface area (TPSA) is 29.9 Å². The van der Waals surface area contributed by atoms with Crippen LogP contribution in [0.25, 0.3) is 0 Å². The van der Waals surface area contributed by atoms with E-state index >= 15 is 0 Å². The molecule has 6 heteroatoms. The normalized spacial score (nSPS) is 12.7. The van der Waals surface area contributed by atoms with E-state index in [0.29, 0.717) is 0 Å². The van der Waals surface area contributed by atoms with Gasteiger partial charge in [0, 0.05) is 29.9 Å². The fourth-order valence-corrected chi connectivity index (χ4v) is 2.56. The minimum absolute atomic E-state index is 0.0713. The Balaban J connectivity index is 2.37. The Hall–Kier alpha value is -1.27. The summed E-state index contributed by atoms with van der Waals surface area (Å²) in [5.41, 5.74) is 1.98. The molecule has 3 nitrogen and oxygen atoms in total. The first kappa shape index (κ1) is 15.1. The van der Waals surface area contributed by atoms with Crippen molar-refractivity contribution in [2.24, 2.45) is 7.05 Å². The van der Waals surface area contributed by atoms with Gasteiger partial charge in [-0.25, -0.2) is 8.78 Å². The molecule has 0 radical (unpaired) electrons. The van der Waals surface area contributed by atoms with Gasteiger partial charge in [0.15, 0.2) is 0 Å². The van der Waals surface area contributed by atoms with Crippen molar-refractivity contribution in [1.82, 2.24) is 15.1 Å². The predicted molar refractivity (Wildman–Crippen MR) is 77.5 cm³/mol. The molecule has 20 heavy (non-hydrogen) atoms. The van der Waals surface area contributed by atoms with Crippen LogP contribution < -0.4 is 5.32 Å². The maximum Gasteiger partial charge on any atom is 0.143 e. The Morgan fingerprint density at radius 2 is 2.10 bits per heavy atom. The van der Waals surface area contributed by atoms with Crippen LogP contribution in [0.3, 0.4) is 0 Å². The molecule has 1 unspecified atom stereocenters. The van der Waals surface area contributed by atoms with E-state index in [1.165, 1.54) is 12.1 Å². The maximum atomic E-state index is 14.0. The zero-order valence-corrected chi connectivity index (χ0v) is 13.1. The standard InChI is InChI=1S/C14H16BrF2N3/c1-8-10(7-19-20(8)3)13(18-2)6-9-12(16)5-4-11(15)14(9)17/h4-5,7,13,18H,6H2,1-3H3. The summed E-state index contributed by atoms with van der Waals surface area (Å²) in [5.74, 6) is -1.08. The van der Waals surface area contributed by atoms with Crippen LogP contribution in [-0.4, -0.2) is 16.8 Å². The minimum Gasteiger partial charge on any atom is -0.313 e. The van der Waals surface area contributed by atoms with E-state index < -0.39 is 11.6 Å². The van der Waals surface area contributed by atoms with Crippen LogP contribution >= 0.6 is 15.9 Å². The number of hydrogen-bond donors (Lipinski definition) is 1. The summed E-state index contributed by atoms with van der Waals surface area (Å²) < 4.78 is 29.9. The number of nitrogens with one attached hydrogen (secondary N) is 1. The van der Waals surface area contributed by atoms with Crippen LogP contribution in [0.2, 0.25) is 0 Å². The van der Waals surface area contributed by atoms with Gasteiger partial charge in [0.1, 0.15) is 11.6 Å². The van der Waals surface area contributed by atoms with Gasteiger partial charge in [0.05, 0.1) is 10.7 Å². The molecule has 0 aliphatic carbocycles. The zero-order chi connectivity index (χ0) is 14.9. The van der Waals surface area contributed by atoms with E-state index in [0.717, 1.165) is 11.3 Å².